The molecule has 2 unspecified atom stereocenters. The molecule has 0 fully saturated rings. The molecule has 0 aromatic heterocycles. The summed E-state index contributed by atoms with van der Waals surface area (Å²) in [5, 5.41) is 10.6. The molecule has 0 spiro atoms. The number of aliphatic hydroxyl groups excluding tert-OH is 1. The number of phosphoric ester groups is 2. The third kappa shape index (κ3) is 68.4. The van der Waals surface area contributed by atoms with E-state index < -0.39 is 97.5 Å². The highest BCUT2D eigenvalue weighted by Gasteiger charge is 2.30. The quantitative estimate of drug-likeness (QED) is 0.0222. The first kappa shape index (κ1) is 91.1. The lowest BCUT2D eigenvalue weighted by atomic mass is 10.0. The van der Waals surface area contributed by atoms with Crippen LogP contribution in [0.4, 0.5) is 0 Å². The van der Waals surface area contributed by atoms with Gasteiger partial charge in [-0.3, -0.25) is 37.3 Å². The first-order valence-electron chi connectivity index (χ1n) is 38.3. The van der Waals surface area contributed by atoms with E-state index in [0.717, 1.165) is 114 Å². The lowest BCUT2D eigenvalue weighted by Gasteiger charge is -2.21. The maximum Gasteiger partial charge on any atom is 0.472 e. The van der Waals surface area contributed by atoms with E-state index in [-0.39, 0.29) is 25.7 Å². The predicted octanol–water partition coefficient (Wildman–Crippen LogP) is 21.4. The molecule has 552 valence electrons. The van der Waals surface area contributed by atoms with E-state index in [9.17, 15) is 43.2 Å². The van der Waals surface area contributed by atoms with E-state index in [0.29, 0.717) is 25.7 Å². The van der Waals surface area contributed by atoms with Crippen molar-refractivity contribution in [3.05, 3.63) is 0 Å². The van der Waals surface area contributed by atoms with Gasteiger partial charge in [-0.25, -0.2) is 9.13 Å². The minimum Gasteiger partial charge on any atom is -0.462 e. The number of rotatable bonds is 72. The maximum absolute atomic E-state index is 13.1. The third-order valence-corrected chi connectivity index (χ3v) is 19.0. The molecule has 0 aliphatic carbocycles. The zero-order valence-corrected chi connectivity index (χ0v) is 62.5. The summed E-state index contributed by atoms with van der Waals surface area (Å²) in [6.07, 6.45) is 50.1. The van der Waals surface area contributed by atoms with Crippen LogP contribution in [0.1, 0.15) is 376 Å². The number of phosphoric acid groups is 2. The van der Waals surface area contributed by atoms with Crippen molar-refractivity contribution in [1.29, 1.82) is 0 Å². The van der Waals surface area contributed by atoms with Crippen LogP contribution in [0.25, 0.3) is 0 Å². The predicted molar refractivity (Wildman–Crippen MR) is 377 cm³/mol. The number of aliphatic hydroxyl groups is 1. The second kappa shape index (κ2) is 64.7. The van der Waals surface area contributed by atoms with E-state index in [1.54, 1.807) is 0 Å². The van der Waals surface area contributed by atoms with E-state index in [4.69, 9.17) is 37.0 Å². The number of unbranched alkanes of at least 4 members (excludes halogenated alkanes) is 40. The number of ether oxygens (including phenoxy) is 4. The Kier molecular flexibility index (Phi) is 63.4. The molecule has 0 amide bonds. The normalized spacial score (nSPS) is 14.1. The topological polar surface area (TPSA) is 237 Å². The fourth-order valence-corrected chi connectivity index (χ4v) is 12.8. The number of hydrogen-bond acceptors (Lipinski definition) is 15. The van der Waals surface area contributed by atoms with E-state index in [1.165, 1.54) is 180 Å². The molecule has 0 radical (unpaired) electrons. The van der Waals surface area contributed by atoms with Crippen molar-refractivity contribution in [1.82, 2.24) is 0 Å². The van der Waals surface area contributed by atoms with Gasteiger partial charge >= 0.3 is 39.5 Å². The van der Waals surface area contributed by atoms with Crippen LogP contribution < -0.4 is 0 Å². The van der Waals surface area contributed by atoms with Gasteiger partial charge in [-0.2, -0.15) is 0 Å². The number of carbonyl (C=O) groups is 4. The molecule has 0 bridgehead atoms. The summed E-state index contributed by atoms with van der Waals surface area (Å²) in [6, 6.07) is 0. The smallest absolute Gasteiger partial charge is 0.462 e. The van der Waals surface area contributed by atoms with Gasteiger partial charge in [-0.1, -0.05) is 325 Å². The van der Waals surface area contributed by atoms with Crippen molar-refractivity contribution in [2.75, 3.05) is 39.6 Å². The van der Waals surface area contributed by atoms with Crippen LogP contribution in [0.2, 0.25) is 0 Å². The van der Waals surface area contributed by atoms with Crippen LogP contribution in [-0.4, -0.2) is 96.7 Å². The fraction of sp³-hybridized carbons (Fsp3) is 0.946. The Labute approximate surface area is 568 Å². The van der Waals surface area contributed by atoms with Gasteiger partial charge in [0.25, 0.3) is 0 Å². The van der Waals surface area contributed by atoms with Crippen molar-refractivity contribution in [3.63, 3.8) is 0 Å². The fourth-order valence-electron chi connectivity index (χ4n) is 11.2. The van der Waals surface area contributed by atoms with Crippen molar-refractivity contribution < 1.29 is 80.2 Å². The minimum atomic E-state index is -4.95. The molecule has 17 nitrogen and oxygen atoms in total. The zero-order valence-electron chi connectivity index (χ0n) is 60.7. The largest absolute Gasteiger partial charge is 0.472 e. The molecule has 0 aromatic carbocycles. The third-order valence-electron chi connectivity index (χ3n) is 17.1. The molecule has 5 atom stereocenters. The molecular weight excluding hydrogens is 1220 g/mol. The molecule has 0 rings (SSSR count). The van der Waals surface area contributed by atoms with E-state index in [2.05, 4.69) is 48.5 Å². The summed E-state index contributed by atoms with van der Waals surface area (Å²) >= 11 is 0. The molecule has 0 aliphatic heterocycles. The van der Waals surface area contributed by atoms with Crippen LogP contribution in [0.15, 0.2) is 0 Å². The van der Waals surface area contributed by atoms with Crippen LogP contribution in [0, 0.1) is 17.8 Å². The summed E-state index contributed by atoms with van der Waals surface area (Å²) in [7, 11) is -9.90. The van der Waals surface area contributed by atoms with Crippen LogP contribution in [-0.2, 0) is 65.4 Å². The van der Waals surface area contributed by atoms with Crippen molar-refractivity contribution in [2.45, 2.75) is 394 Å². The monoisotopic (exact) mass is 1370 g/mol. The van der Waals surface area contributed by atoms with Gasteiger partial charge in [-0.15, -0.1) is 0 Å². The molecule has 0 saturated heterocycles. The van der Waals surface area contributed by atoms with Crippen LogP contribution in [0.3, 0.4) is 0 Å². The standard InChI is InChI=1S/C74H144O17P2/c1-8-9-10-11-12-34-41-48-55-71(76)84-61-69(91-74(79)58-51-44-37-30-24-27-33-40-47-54-67(6)7)63-88-92(80,81)86-59-68(75)60-87-93(82,83)89-64-70(62-85-72(77)56-49-42-35-29-23-26-32-39-46-53-66(4)5)90-73(78)57-50-43-36-28-22-20-18-16-14-13-15-17-19-21-25-31-38-45-52-65(2)3/h65-70,75H,8-64H2,1-7H3,(H,80,81)(H,82,83)/t68-,69+,70+/m0/s1. The molecule has 0 heterocycles. The Morgan fingerprint density at radius 2 is 0.495 bits per heavy atom. The van der Waals surface area contributed by atoms with Gasteiger partial charge in [0.1, 0.15) is 19.3 Å². The molecule has 3 N–H and O–H groups in total. The first-order valence-corrected chi connectivity index (χ1v) is 41.3. The zero-order chi connectivity index (χ0) is 68.7. The van der Waals surface area contributed by atoms with Gasteiger partial charge in [0.05, 0.1) is 26.4 Å². The van der Waals surface area contributed by atoms with Gasteiger partial charge in [-0.05, 0) is 43.4 Å². The Bertz CT molecular complexity index is 1820. The average Bonchev–Trinajstić information content (AvgIpc) is 2.90. The van der Waals surface area contributed by atoms with Gasteiger partial charge in [0, 0.05) is 25.7 Å². The lowest BCUT2D eigenvalue weighted by Crippen LogP contribution is -2.30. The van der Waals surface area contributed by atoms with Gasteiger partial charge in [0.15, 0.2) is 12.2 Å². The van der Waals surface area contributed by atoms with Gasteiger partial charge < -0.3 is 33.8 Å². The second-order valence-electron chi connectivity index (χ2n) is 28.1. The highest BCUT2D eigenvalue weighted by atomic mass is 31.2. The van der Waals surface area contributed by atoms with Crippen molar-refractivity contribution >= 4 is 39.5 Å². The lowest BCUT2D eigenvalue weighted by molar-refractivity contribution is -0.161. The van der Waals surface area contributed by atoms with Crippen molar-refractivity contribution in [3.8, 4) is 0 Å². The Balaban J connectivity index is 5.17. The molecule has 0 aliphatic rings. The number of esters is 4. The summed E-state index contributed by atoms with van der Waals surface area (Å²) in [6.45, 7) is 11.8. The number of hydrogen-bond donors (Lipinski definition) is 3. The highest BCUT2D eigenvalue weighted by molar-refractivity contribution is 7.47. The summed E-state index contributed by atoms with van der Waals surface area (Å²) in [4.78, 5) is 72.6. The molecule has 0 aromatic rings. The summed E-state index contributed by atoms with van der Waals surface area (Å²) in [5.41, 5.74) is 0. The Morgan fingerprint density at radius 3 is 0.731 bits per heavy atom. The minimum absolute atomic E-state index is 0.105. The molecule has 19 heteroatoms. The average molecular weight is 1370 g/mol. The second-order valence-corrected chi connectivity index (χ2v) is 31.0. The van der Waals surface area contributed by atoms with E-state index >= 15 is 0 Å². The van der Waals surface area contributed by atoms with Gasteiger partial charge in [0.2, 0.25) is 0 Å². The molecule has 0 saturated carbocycles. The molecule has 93 heavy (non-hydrogen) atoms. The molecular formula is C74H144O17P2. The first-order chi connectivity index (χ1) is 44.7. The van der Waals surface area contributed by atoms with E-state index in [1.807, 2.05) is 0 Å². The Morgan fingerprint density at radius 1 is 0.290 bits per heavy atom. The SMILES string of the molecule is CCCCCCCCCCC(=O)OC[C@H](COP(=O)(O)OC[C@H](O)COP(=O)(O)OC[C@@H](COC(=O)CCCCCCCCCCCC(C)C)OC(=O)CCCCCCCCCCCCCCCCCCCCC(C)C)OC(=O)CCCCCCCCCCCC(C)C. The van der Waals surface area contributed by atoms with Crippen molar-refractivity contribution in [2.24, 2.45) is 17.8 Å². The summed E-state index contributed by atoms with van der Waals surface area (Å²) in [5.74, 6) is 0.176. The Hall–Kier alpha value is -1.94. The maximum atomic E-state index is 13.1. The highest BCUT2D eigenvalue weighted by Crippen LogP contribution is 2.45. The van der Waals surface area contributed by atoms with Crippen LogP contribution in [0.5, 0.6) is 0 Å². The summed E-state index contributed by atoms with van der Waals surface area (Å²) < 4.78 is 68.3. The number of carbonyl (C=O) groups excluding carboxylic acids is 4. The van der Waals surface area contributed by atoms with Crippen LogP contribution >= 0.6 is 15.6 Å².